The molecule has 7 nitrogen and oxygen atoms in total. The number of pyridine rings is 1. The molecule has 1 amide bonds. The van der Waals surface area contributed by atoms with Gasteiger partial charge >= 0.3 is 0 Å². The van der Waals surface area contributed by atoms with E-state index in [1.807, 2.05) is 17.2 Å². The minimum atomic E-state index is -0.304. The van der Waals surface area contributed by atoms with Crippen LogP contribution in [-0.4, -0.2) is 92.8 Å². The van der Waals surface area contributed by atoms with Crippen molar-refractivity contribution in [2.45, 2.75) is 37.1 Å². The molecule has 1 aromatic rings. The number of nitrogens with zero attached hydrogens (tertiary/aromatic N) is 4. The number of carbonyl (C=O) groups excluding carboxylic acids is 1. The molecule has 0 saturated carbocycles. The van der Waals surface area contributed by atoms with Crippen LogP contribution >= 0.6 is 0 Å². The molecule has 4 rings (SSSR count). The summed E-state index contributed by atoms with van der Waals surface area (Å²) in [6.45, 7) is 4.61. The lowest BCUT2D eigenvalue weighted by molar-refractivity contribution is -0.151. The van der Waals surface area contributed by atoms with Crippen LogP contribution in [0.25, 0.3) is 0 Å². The van der Waals surface area contributed by atoms with E-state index in [2.05, 4.69) is 20.9 Å². The Balaban J connectivity index is 1.46. The molecule has 2 atom stereocenters. The summed E-state index contributed by atoms with van der Waals surface area (Å²) >= 11 is 0. The van der Waals surface area contributed by atoms with Gasteiger partial charge in [0.05, 0.1) is 18.2 Å². The van der Waals surface area contributed by atoms with Crippen LogP contribution in [0.3, 0.4) is 0 Å². The minimum Gasteiger partial charge on any atom is -0.396 e. The van der Waals surface area contributed by atoms with Gasteiger partial charge in [0.1, 0.15) is 0 Å². The van der Waals surface area contributed by atoms with Gasteiger partial charge in [-0.25, -0.2) is 0 Å². The maximum Gasteiger partial charge on any atom is 0.224 e. The molecule has 0 aromatic carbocycles. The van der Waals surface area contributed by atoms with Crippen molar-refractivity contribution >= 4 is 5.91 Å². The summed E-state index contributed by atoms with van der Waals surface area (Å²) in [5.41, 5.74) is 1.13. The highest BCUT2D eigenvalue weighted by atomic mass is 16.3. The van der Waals surface area contributed by atoms with Crippen LogP contribution < -0.4 is 0 Å². The summed E-state index contributed by atoms with van der Waals surface area (Å²) < 4.78 is 0. The molecule has 25 heavy (non-hydrogen) atoms. The minimum absolute atomic E-state index is 0.0219. The fourth-order valence-electron chi connectivity index (χ4n) is 4.78. The summed E-state index contributed by atoms with van der Waals surface area (Å²) in [5, 5.41) is 19.2. The zero-order chi connectivity index (χ0) is 17.4. The molecule has 0 radical (unpaired) electrons. The largest absolute Gasteiger partial charge is 0.396 e. The maximum atomic E-state index is 12.3. The molecule has 3 aliphatic heterocycles. The van der Waals surface area contributed by atoms with Crippen LogP contribution in [0.5, 0.6) is 0 Å². The normalized spacial score (nSPS) is 28.8. The second kappa shape index (κ2) is 6.64. The fourth-order valence-corrected chi connectivity index (χ4v) is 4.78. The Labute approximate surface area is 147 Å². The van der Waals surface area contributed by atoms with Crippen molar-refractivity contribution < 1.29 is 15.0 Å². The SMILES string of the molecule is O=C(CCO)N1CC2CC(O)CN2C2(CN(Cc3cccnc3)C2)C1. The number of fused-ring (bicyclic) bond motifs is 2. The van der Waals surface area contributed by atoms with Crippen LogP contribution in [0.1, 0.15) is 18.4 Å². The number of aromatic nitrogens is 1. The van der Waals surface area contributed by atoms with Crippen molar-refractivity contribution in [3.8, 4) is 0 Å². The van der Waals surface area contributed by atoms with Gasteiger partial charge in [-0.3, -0.25) is 19.6 Å². The number of aliphatic hydroxyl groups is 2. The van der Waals surface area contributed by atoms with Gasteiger partial charge in [0.2, 0.25) is 5.91 Å². The average molecular weight is 346 g/mol. The van der Waals surface area contributed by atoms with Crippen LogP contribution in [0, 0.1) is 0 Å². The molecule has 2 unspecified atom stereocenters. The number of hydrogen-bond acceptors (Lipinski definition) is 6. The predicted molar refractivity (Wildman–Crippen MR) is 91.6 cm³/mol. The van der Waals surface area contributed by atoms with Gasteiger partial charge in [-0.1, -0.05) is 6.07 Å². The van der Waals surface area contributed by atoms with Gasteiger partial charge in [0, 0.05) is 64.1 Å². The molecule has 2 N–H and O–H groups in total. The van der Waals surface area contributed by atoms with Crippen molar-refractivity contribution in [1.82, 2.24) is 19.7 Å². The van der Waals surface area contributed by atoms with Crippen molar-refractivity contribution in [2.75, 3.05) is 39.3 Å². The van der Waals surface area contributed by atoms with Crippen molar-refractivity contribution in [1.29, 1.82) is 0 Å². The number of likely N-dealkylation sites (tertiary alicyclic amines) is 1. The first-order chi connectivity index (χ1) is 12.1. The quantitative estimate of drug-likeness (QED) is 0.750. The molecule has 1 spiro atoms. The van der Waals surface area contributed by atoms with E-state index in [1.54, 1.807) is 6.20 Å². The summed E-state index contributed by atoms with van der Waals surface area (Å²) in [4.78, 5) is 23.2. The van der Waals surface area contributed by atoms with E-state index >= 15 is 0 Å². The Morgan fingerprint density at radius 3 is 2.88 bits per heavy atom. The van der Waals surface area contributed by atoms with Gasteiger partial charge in [-0.2, -0.15) is 0 Å². The molecule has 3 aliphatic rings. The highest BCUT2D eigenvalue weighted by Gasteiger charge is 2.56. The number of piperazine rings is 1. The molecular formula is C18H26N4O3. The summed E-state index contributed by atoms with van der Waals surface area (Å²) in [5.74, 6) is 0.0219. The van der Waals surface area contributed by atoms with E-state index < -0.39 is 0 Å². The highest BCUT2D eigenvalue weighted by molar-refractivity contribution is 5.76. The molecule has 1 aromatic heterocycles. The van der Waals surface area contributed by atoms with Gasteiger partial charge < -0.3 is 15.1 Å². The zero-order valence-corrected chi connectivity index (χ0v) is 14.4. The third-order valence-corrected chi connectivity index (χ3v) is 5.76. The van der Waals surface area contributed by atoms with Crippen molar-refractivity contribution in [3.63, 3.8) is 0 Å². The van der Waals surface area contributed by atoms with E-state index in [1.165, 1.54) is 5.56 Å². The monoisotopic (exact) mass is 346 g/mol. The molecule has 4 heterocycles. The molecular weight excluding hydrogens is 320 g/mol. The number of rotatable bonds is 4. The van der Waals surface area contributed by atoms with Crippen LogP contribution in [0.15, 0.2) is 24.5 Å². The first kappa shape index (κ1) is 16.9. The van der Waals surface area contributed by atoms with Gasteiger partial charge in [0.15, 0.2) is 0 Å². The molecule has 0 bridgehead atoms. The Kier molecular flexibility index (Phi) is 4.49. The molecule has 3 saturated heterocycles. The maximum absolute atomic E-state index is 12.3. The van der Waals surface area contributed by atoms with E-state index in [-0.39, 0.29) is 36.6 Å². The van der Waals surface area contributed by atoms with Gasteiger partial charge in [-0.15, -0.1) is 0 Å². The third kappa shape index (κ3) is 3.17. The number of hydrogen-bond donors (Lipinski definition) is 2. The number of carbonyl (C=O) groups is 1. The van der Waals surface area contributed by atoms with Gasteiger partial charge in [0.25, 0.3) is 0 Å². The topological polar surface area (TPSA) is 80.1 Å². The average Bonchev–Trinajstić information content (AvgIpc) is 2.95. The standard InChI is InChI=1S/C18H26N4O3/c23-5-3-17(25)21-9-15-6-16(24)10-22(15)18(13-21)11-20(12-18)8-14-2-1-4-19-7-14/h1-2,4,7,15-16,23-24H,3,5-6,8-13H2. The summed E-state index contributed by atoms with van der Waals surface area (Å²) in [6, 6.07) is 4.26. The Bertz CT molecular complexity index is 620. The van der Waals surface area contributed by atoms with Crippen LogP contribution in [0.4, 0.5) is 0 Å². The number of aliphatic hydroxyl groups excluding tert-OH is 2. The van der Waals surface area contributed by atoms with E-state index in [0.717, 1.165) is 26.1 Å². The summed E-state index contributed by atoms with van der Waals surface area (Å²) in [7, 11) is 0. The van der Waals surface area contributed by atoms with E-state index in [4.69, 9.17) is 5.11 Å². The molecule has 0 aliphatic carbocycles. The van der Waals surface area contributed by atoms with Crippen molar-refractivity contribution in [2.24, 2.45) is 0 Å². The fraction of sp³-hybridized carbons (Fsp3) is 0.667. The van der Waals surface area contributed by atoms with E-state index in [0.29, 0.717) is 19.6 Å². The second-order valence-corrected chi connectivity index (χ2v) is 7.67. The van der Waals surface area contributed by atoms with Crippen molar-refractivity contribution in [3.05, 3.63) is 30.1 Å². The number of β-amino-alcohol motifs (C(OH)–C–C–N with tert-alkyl or cyclic N) is 1. The predicted octanol–water partition coefficient (Wildman–Crippen LogP) is -0.704. The molecule has 7 heteroatoms. The number of amides is 1. The van der Waals surface area contributed by atoms with E-state index in [9.17, 15) is 9.90 Å². The Morgan fingerprint density at radius 2 is 2.16 bits per heavy atom. The lowest BCUT2D eigenvalue weighted by Gasteiger charge is -2.61. The highest BCUT2D eigenvalue weighted by Crippen LogP contribution is 2.39. The molecule has 136 valence electrons. The van der Waals surface area contributed by atoms with Gasteiger partial charge in [-0.05, 0) is 18.1 Å². The first-order valence-electron chi connectivity index (χ1n) is 9.04. The summed E-state index contributed by atoms with van der Waals surface area (Å²) in [6.07, 6.45) is 4.29. The van der Waals surface area contributed by atoms with Crippen LogP contribution in [0.2, 0.25) is 0 Å². The first-order valence-corrected chi connectivity index (χ1v) is 9.04. The Hall–Kier alpha value is -1.54. The second-order valence-electron chi connectivity index (χ2n) is 7.67. The lowest BCUT2D eigenvalue weighted by Crippen LogP contribution is -2.78. The zero-order valence-electron chi connectivity index (χ0n) is 14.4. The smallest absolute Gasteiger partial charge is 0.224 e. The Morgan fingerprint density at radius 1 is 1.32 bits per heavy atom. The lowest BCUT2D eigenvalue weighted by atomic mass is 9.83. The van der Waals surface area contributed by atoms with Crippen LogP contribution in [-0.2, 0) is 11.3 Å². The third-order valence-electron chi connectivity index (χ3n) is 5.76. The molecule has 3 fully saturated rings.